The molecule has 0 aromatic heterocycles. The minimum Gasteiger partial charge on any atom is -0.273 e. The van der Waals surface area contributed by atoms with Crippen LogP contribution in [0, 0.1) is 20.2 Å². The maximum atomic E-state index is 10.4. The lowest BCUT2D eigenvalue weighted by atomic mass is 10.0. The van der Waals surface area contributed by atoms with Crippen molar-refractivity contribution in [3.05, 3.63) is 32.9 Å². The fourth-order valence-electron chi connectivity index (χ4n) is 1.28. The summed E-state index contributed by atoms with van der Waals surface area (Å²) in [7, 11) is 0. The Morgan fingerprint density at radius 2 is 1.85 bits per heavy atom. The van der Waals surface area contributed by atoms with Gasteiger partial charge in [-0.2, -0.15) is 0 Å². The highest BCUT2D eigenvalue weighted by Gasteiger charge is 2.65. The molecular weight excluding hydrogens is 178 g/mol. The highest BCUT2D eigenvalue weighted by atomic mass is 16.7. The molecule has 0 aliphatic carbocycles. The van der Waals surface area contributed by atoms with Crippen LogP contribution in [0.1, 0.15) is 0 Å². The zero-order valence-corrected chi connectivity index (χ0v) is 6.88. The molecule has 1 rings (SSSR count). The molecule has 0 aromatic carbocycles. The highest BCUT2D eigenvalue weighted by Crippen LogP contribution is 2.24. The molecule has 0 bridgehead atoms. The summed E-state index contributed by atoms with van der Waals surface area (Å²) in [6.45, 7) is 3.61. The van der Waals surface area contributed by atoms with Crippen LogP contribution in [0.2, 0.25) is 0 Å². The number of hydrogen-bond acceptors (Lipinski definition) is 5. The first-order valence-corrected chi connectivity index (χ1v) is 3.65. The van der Waals surface area contributed by atoms with Crippen molar-refractivity contribution in [1.29, 1.82) is 0 Å². The Morgan fingerprint density at radius 1 is 1.38 bits per heavy atom. The van der Waals surface area contributed by atoms with Gasteiger partial charge in [-0.3, -0.25) is 25.1 Å². The van der Waals surface area contributed by atoms with Crippen molar-refractivity contribution in [2.75, 3.05) is 19.6 Å². The molecule has 0 spiro atoms. The largest absolute Gasteiger partial charge is 0.482 e. The SMILES string of the molecule is C=CCN1CC([N+](=O)[O-])([N+](=O)[O-])C1. The van der Waals surface area contributed by atoms with E-state index in [1.165, 1.54) is 0 Å². The van der Waals surface area contributed by atoms with E-state index in [1.807, 2.05) is 0 Å². The van der Waals surface area contributed by atoms with Gasteiger partial charge in [-0.15, -0.1) is 6.58 Å². The summed E-state index contributed by atoms with van der Waals surface area (Å²) in [4.78, 5) is 20.8. The van der Waals surface area contributed by atoms with Crippen LogP contribution in [0.25, 0.3) is 0 Å². The molecule has 72 valence electrons. The Hall–Kier alpha value is -1.50. The summed E-state index contributed by atoms with van der Waals surface area (Å²) in [5, 5.41) is 20.8. The molecule has 7 nitrogen and oxygen atoms in total. The van der Waals surface area contributed by atoms with Gasteiger partial charge in [-0.25, -0.2) is 0 Å². The third kappa shape index (κ3) is 1.37. The summed E-state index contributed by atoms with van der Waals surface area (Å²) in [5.74, 6) is 0. The van der Waals surface area contributed by atoms with E-state index in [0.717, 1.165) is 0 Å². The third-order valence-electron chi connectivity index (χ3n) is 2.02. The average molecular weight is 187 g/mol. The highest BCUT2D eigenvalue weighted by molar-refractivity contribution is 4.90. The van der Waals surface area contributed by atoms with E-state index >= 15 is 0 Å². The Balaban J connectivity index is 2.63. The normalized spacial score (nSPS) is 20.3. The fraction of sp³-hybridized carbons (Fsp3) is 0.667. The van der Waals surface area contributed by atoms with E-state index in [9.17, 15) is 20.2 Å². The summed E-state index contributed by atoms with van der Waals surface area (Å²) >= 11 is 0. The lowest BCUT2D eigenvalue weighted by molar-refractivity contribution is -0.810. The van der Waals surface area contributed by atoms with Gasteiger partial charge in [-0.1, -0.05) is 6.08 Å². The molecular formula is C6H9N3O4. The first kappa shape index (κ1) is 9.59. The van der Waals surface area contributed by atoms with Crippen molar-refractivity contribution in [3.63, 3.8) is 0 Å². The molecule has 0 N–H and O–H groups in total. The van der Waals surface area contributed by atoms with Crippen molar-refractivity contribution < 1.29 is 9.85 Å². The maximum absolute atomic E-state index is 10.4. The van der Waals surface area contributed by atoms with Crippen LogP contribution in [0.3, 0.4) is 0 Å². The van der Waals surface area contributed by atoms with E-state index in [4.69, 9.17) is 0 Å². The predicted molar refractivity (Wildman–Crippen MR) is 43.4 cm³/mol. The van der Waals surface area contributed by atoms with Crippen LogP contribution < -0.4 is 0 Å². The third-order valence-corrected chi connectivity index (χ3v) is 2.02. The lowest BCUT2D eigenvalue weighted by Crippen LogP contribution is -2.70. The summed E-state index contributed by atoms with van der Waals surface area (Å²) in [6.07, 6.45) is 1.56. The van der Waals surface area contributed by atoms with Gasteiger partial charge in [0.15, 0.2) is 0 Å². The van der Waals surface area contributed by atoms with Crippen LogP contribution in [-0.2, 0) is 0 Å². The van der Waals surface area contributed by atoms with Crippen molar-refractivity contribution in [2.45, 2.75) is 5.66 Å². The van der Waals surface area contributed by atoms with Crippen LogP contribution >= 0.6 is 0 Å². The van der Waals surface area contributed by atoms with E-state index < -0.39 is 15.5 Å². The Morgan fingerprint density at radius 3 is 2.15 bits per heavy atom. The molecule has 0 radical (unpaired) electrons. The topological polar surface area (TPSA) is 89.5 Å². The Labute approximate surface area is 73.9 Å². The summed E-state index contributed by atoms with van der Waals surface area (Å²) in [5.41, 5.74) is -1.98. The molecule has 13 heavy (non-hydrogen) atoms. The first-order chi connectivity index (χ1) is 6.03. The minimum atomic E-state index is -1.98. The van der Waals surface area contributed by atoms with Crippen LogP contribution in [-0.4, -0.2) is 40.0 Å². The molecule has 1 fully saturated rings. The average Bonchev–Trinajstić information content (AvgIpc) is 1.93. The first-order valence-electron chi connectivity index (χ1n) is 3.65. The Kier molecular flexibility index (Phi) is 2.28. The zero-order valence-electron chi connectivity index (χ0n) is 6.88. The second-order valence-electron chi connectivity index (χ2n) is 2.95. The van der Waals surface area contributed by atoms with Gasteiger partial charge in [0.2, 0.25) is 0 Å². The number of likely N-dealkylation sites (tertiary alicyclic amines) is 1. The van der Waals surface area contributed by atoms with Gasteiger partial charge in [0.25, 0.3) is 0 Å². The second-order valence-corrected chi connectivity index (χ2v) is 2.95. The van der Waals surface area contributed by atoms with E-state index in [1.54, 1.807) is 11.0 Å². The molecule has 1 heterocycles. The van der Waals surface area contributed by atoms with Gasteiger partial charge >= 0.3 is 5.66 Å². The van der Waals surface area contributed by atoms with Crippen LogP contribution in [0.5, 0.6) is 0 Å². The van der Waals surface area contributed by atoms with E-state index in [0.29, 0.717) is 6.54 Å². The van der Waals surface area contributed by atoms with Crippen molar-refractivity contribution in [3.8, 4) is 0 Å². The maximum Gasteiger partial charge on any atom is 0.482 e. The molecule has 0 saturated carbocycles. The lowest BCUT2D eigenvalue weighted by Gasteiger charge is -2.35. The van der Waals surface area contributed by atoms with Crippen molar-refractivity contribution in [2.24, 2.45) is 0 Å². The molecule has 0 atom stereocenters. The molecule has 1 saturated heterocycles. The summed E-state index contributed by atoms with van der Waals surface area (Å²) in [6, 6.07) is 0. The van der Waals surface area contributed by atoms with Gasteiger partial charge in [0.05, 0.1) is 0 Å². The second kappa shape index (κ2) is 3.09. The quantitative estimate of drug-likeness (QED) is 0.262. The molecule has 0 aromatic rings. The van der Waals surface area contributed by atoms with Gasteiger partial charge < -0.3 is 0 Å². The van der Waals surface area contributed by atoms with Crippen LogP contribution in [0.4, 0.5) is 0 Å². The standard InChI is InChI=1S/C6H9N3O4/c1-2-3-7-4-6(5-7,8(10)11)9(12)13/h2H,1,3-5H2. The summed E-state index contributed by atoms with van der Waals surface area (Å²) < 4.78 is 0. The minimum absolute atomic E-state index is 0.140. The molecule has 1 aliphatic heterocycles. The van der Waals surface area contributed by atoms with Crippen molar-refractivity contribution >= 4 is 0 Å². The number of nitro groups is 2. The van der Waals surface area contributed by atoms with E-state index in [2.05, 4.69) is 6.58 Å². The van der Waals surface area contributed by atoms with Gasteiger partial charge in [0, 0.05) is 6.54 Å². The molecule has 1 aliphatic rings. The molecule has 7 heteroatoms. The van der Waals surface area contributed by atoms with Crippen molar-refractivity contribution in [1.82, 2.24) is 4.90 Å². The predicted octanol–water partition coefficient (Wildman–Crippen LogP) is -0.262. The van der Waals surface area contributed by atoms with Gasteiger partial charge in [0.1, 0.15) is 22.9 Å². The Bertz CT molecular complexity index is 243. The molecule has 0 unspecified atom stereocenters. The number of hydrogen-bond donors (Lipinski definition) is 0. The smallest absolute Gasteiger partial charge is 0.273 e. The van der Waals surface area contributed by atoms with Crippen LogP contribution in [0.15, 0.2) is 12.7 Å². The van der Waals surface area contributed by atoms with E-state index in [-0.39, 0.29) is 13.1 Å². The molecule has 0 amide bonds. The number of rotatable bonds is 4. The van der Waals surface area contributed by atoms with Gasteiger partial charge in [-0.05, 0) is 0 Å². The zero-order chi connectivity index (χ0) is 10.1. The fourth-order valence-corrected chi connectivity index (χ4v) is 1.28. The number of nitrogens with zero attached hydrogens (tertiary/aromatic N) is 3. The monoisotopic (exact) mass is 187 g/mol.